The van der Waals surface area contributed by atoms with E-state index >= 15 is 0 Å². The van der Waals surface area contributed by atoms with Crippen molar-refractivity contribution in [2.75, 3.05) is 14.2 Å². The maximum Gasteiger partial charge on any atom is 0.409 e. The second-order valence-electron chi connectivity index (χ2n) is 6.96. The third-order valence-electron chi connectivity index (χ3n) is 5.01. The fourth-order valence-corrected chi connectivity index (χ4v) is 3.83. The minimum absolute atomic E-state index is 0.342. The van der Waals surface area contributed by atoms with Crippen LogP contribution in [0.25, 0.3) is 0 Å². The molecule has 0 unspecified atom stereocenters. The van der Waals surface area contributed by atoms with Crippen LogP contribution in [-0.2, 0) is 14.4 Å². The maximum atomic E-state index is 12.5. The number of rotatable bonds is 4. The smallest absolute Gasteiger partial charge is 0.409 e. The Kier molecular flexibility index (Phi) is 5.52. The Bertz CT molecular complexity index is 448. The third-order valence-corrected chi connectivity index (χ3v) is 5.01. The van der Waals surface area contributed by atoms with E-state index in [4.69, 9.17) is 9.57 Å². The molecule has 2 amide bonds. The molecule has 1 heterocycles. The van der Waals surface area contributed by atoms with Gasteiger partial charge in [-0.2, -0.15) is 0 Å². The number of hydrogen-bond acceptors (Lipinski definition) is 4. The van der Waals surface area contributed by atoms with E-state index in [0.29, 0.717) is 12.3 Å². The molecule has 1 aliphatic carbocycles. The molecule has 0 radical (unpaired) electrons. The van der Waals surface area contributed by atoms with Crippen molar-refractivity contribution in [3.8, 4) is 0 Å². The summed E-state index contributed by atoms with van der Waals surface area (Å²) in [5.41, 5.74) is -1.03. The van der Waals surface area contributed by atoms with Crippen molar-refractivity contribution < 1.29 is 24.3 Å². The van der Waals surface area contributed by atoms with Crippen LogP contribution in [0.2, 0.25) is 0 Å². The van der Waals surface area contributed by atoms with Crippen molar-refractivity contribution in [1.29, 1.82) is 0 Å². The van der Waals surface area contributed by atoms with Gasteiger partial charge in [-0.15, -0.1) is 0 Å². The van der Waals surface area contributed by atoms with Gasteiger partial charge in [-0.25, -0.2) is 9.86 Å². The summed E-state index contributed by atoms with van der Waals surface area (Å²) in [6.07, 6.45) is 4.54. The molecule has 132 valence electrons. The highest BCUT2D eigenvalue weighted by Crippen LogP contribution is 2.38. The molecule has 7 heteroatoms. The van der Waals surface area contributed by atoms with E-state index < -0.39 is 24.0 Å². The molecule has 2 rings (SSSR count). The largest absolute Gasteiger partial charge is 0.465 e. The van der Waals surface area contributed by atoms with Gasteiger partial charge in [0.2, 0.25) is 0 Å². The standard InChI is InChI=1S/C16H28N2O5/c1-16(2)18(15(20)21)12(10-11-8-6-5-7-9-11)13(23-16)14(19)17(3)22-4/h11-13H,5-10H2,1-4H3,(H,20,21)/t12-,13+/m0/s1. The topological polar surface area (TPSA) is 79.3 Å². The number of amides is 2. The summed E-state index contributed by atoms with van der Waals surface area (Å²) in [6.45, 7) is 3.38. The molecule has 2 fully saturated rings. The van der Waals surface area contributed by atoms with Gasteiger partial charge in [-0.05, 0) is 26.2 Å². The molecule has 1 saturated heterocycles. The van der Waals surface area contributed by atoms with Crippen LogP contribution in [0.5, 0.6) is 0 Å². The average molecular weight is 328 g/mol. The average Bonchev–Trinajstić information content (AvgIpc) is 2.77. The number of ether oxygens (including phenoxy) is 1. The Hall–Kier alpha value is -1.34. The Labute approximate surface area is 137 Å². The zero-order chi connectivity index (χ0) is 17.2. The van der Waals surface area contributed by atoms with Gasteiger partial charge in [0.25, 0.3) is 5.91 Å². The van der Waals surface area contributed by atoms with Crippen LogP contribution in [-0.4, -0.2) is 59.1 Å². The number of hydroxylamine groups is 2. The predicted octanol–water partition coefficient (Wildman–Crippen LogP) is 2.46. The minimum Gasteiger partial charge on any atom is -0.465 e. The summed E-state index contributed by atoms with van der Waals surface area (Å²) in [4.78, 5) is 30.6. The molecule has 0 spiro atoms. The van der Waals surface area contributed by atoms with Crippen LogP contribution in [0.4, 0.5) is 4.79 Å². The molecular formula is C16H28N2O5. The number of nitrogens with zero attached hydrogens (tertiary/aromatic N) is 2. The quantitative estimate of drug-likeness (QED) is 0.802. The van der Waals surface area contributed by atoms with Gasteiger partial charge < -0.3 is 9.84 Å². The van der Waals surface area contributed by atoms with Crippen molar-refractivity contribution >= 4 is 12.0 Å². The first-order valence-electron chi connectivity index (χ1n) is 8.29. The summed E-state index contributed by atoms with van der Waals surface area (Å²) < 4.78 is 5.84. The van der Waals surface area contributed by atoms with Gasteiger partial charge in [0.15, 0.2) is 6.10 Å². The van der Waals surface area contributed by atoms with E-state index in [1.54, 1.807) is 13.8 Å². The van der Waals surface area contributed by atoms with Crippen molar-refractivity contribution in [2.45, 2.75) is 70.2 Å². The predicted molar refractivity (Wildman–Crippen MR) is 83.6 cm³/mol. The van der Waals surface area contributed by atoms with Crippen molar-refractivity contribution in [3.05, 3.63) is 0 Å². The molecule has 7 nitrogen and oxygen atoms in total. The molecule has 2 aliphatic rings. The van der Waals surface area contributed by atoms with Crippen molar-refractivity contribution in [1.82, 2.24) is 9.96 Å². The van der Waals surface area contributed by atoms with Crippen LogP contribution < -0.4 is 0 Å². The molecule has 1 saturated carbocycles. The van der Waals surface area contributed by atoms with Crippen molar-refractivity contribution in [2.24, 2.45) is 5.92 Å². The maximum absolute atomic E-state index is 12.5. The highest BCUT2D eigenvalue weighted by atomic mass is 16.7. The van der Waals surface area contributed by atoms with E-state index in [9.17, 15) is 14.7 Å². The second-order valence-corrected chi connectivity index (χ2v) is 6.96. The van der Waals surface area contributed by atoms with E-state index in [2.05, 4.69) is 0 Å². The lowest BCUT2D eigenvalue weighted by Gasteiger charge is -2.33. The Morgan fingerprint density at radius 3 is 2.43 bits per heavy atom. The van der Waals surface area contributed by atoms with Gasteiger partial charge in [0, 0.05) is 7.05 Å². The third kappa shape index (κ3) is 3.77. The highest BCUT2D eigenvalue weighted by Gasteiger charge is 2.53. The lowest BCUT2D eigenvalue weighted by Crippen LogP contribution is -2.50. The highest BCUT2D eigenvalue weighted by molar-refractivity contribution is 5.82. The summed E-state index contributed by atoms with van der Waals surface area (Å²) >= 11 is 0. The Morgan fingerprint density at radius 2 is 1.91 bits per heavy atom. The van der Waals surface area contributed by atoms with Crippen molar-refractivity contribution in [3.63, 3.8) is 0 Å². The van der Waals surface area contributed by atoms with Gasteiger partial charge in [0.1, 0.15) is 5.72 Å². The van der Waals surface area contributed by atoms with Gasteiger partial charge in [-0.3, -0.25) is 14.5 Å². The zero-order valence-electron chi connectivity index (χ0n) is 14.4. The fourth-order valence-electron chi connectivity index (χ4n) is 3.83. The van der Waals surface area contributed by atoms with Gasteiger partial charge in [0.05, 0.1) is 13.2 Å². The first-order chi connectivity index (χ1) is 10.8. The van der Waals surface area contributed by atoms with E-state index in [1.165, 1.54) is 38.3 Å². The summed E-state index contributed by atoms with van der Waals surface area (Å²) in [6, 6.07) is -0.476. The van der Waals surface area contributed by atoms with Crippen LogP contribution in [0.15, 0.2) is 0 Å². The second kappa shape index (κ2) is 7.05. The number of carboxylic acid groups (broad SMARTS) is 1. The molecule has 0 aromatic heterocycles. The summed E-state index contributed by atoms with van der Waals surface area (Å²) in [7, 11) is 2.92. The zero-order valence-corrected chi connectivity index (χ0v) is 14.4. The SMILES string of the molecule is CON(C)C(=O)[C@@H]1OC(C)(C)N(C(=O)O)[C@H]1CC1CCCCC1. The Balaban J connectivity index is 2.23. The molecule has 2 atom stereocenters. The first-order valence-corrected chi connectivity index (χ1v) is 8.29. The number of likely N-dealkylation sites (N-methyl/N-ethyl adjacent to an activating group) is 1. The van der Waals surface area contributed by atoms with Crippen LogP contribution in [0, 0.1) is 5.92 Å². The molecular weight excluding hydrogens is 300 g/mol. The van der Waals surface area contributed by atoms with Crippen LogP contribution >= 0.6 is 0 Å². The van der Waals surface area contributed by atoms with Gasteiger partial charge in [-0.1, -0.05) is 32.1 Å². The normalized spacial score (nSPS) is 27.9. The molecule has 1 aliphatic heterocycles. The first kappa shape index (κ1) is 18.0. The minimum atomic E-state index is -1.05. The summed E-state index contributed by atoms with van der Waals surface area (Å²) in [5.74, 6) is 0.0985. The molecule has 0 aromatic rings. The fraction of sp³-hybridized carbons (Fsp3) is 0.875. The van der Waals surface area contributed by atoms with E-state index in [-0.39, 0.29) is 5.91 Å². The molecule has 0 bridgehead atoms. The number of carbonyl (C=O) groups excluding carboxylic acids is 1. The summed E-state index contributed by atoms with van der Waals surface area (Å²) in [5, 5.41) is 10.7. The Morgan fingerprint density at radius 1 is 1.30 bits per heavy atom. The molecule has 23 heavy (non-hydrogen) atoms. The van der Waals surface area contributed by atoms with E-state index in [0.717, 1.165) is 17.9 Å². The lowest BCUT2D eigenvalue weighted by molar-refractivity contribution is -0.184. The molecule has 1 N–H and O–H groups in total. The van der Waals surface area contributed by atoms with Gasteiger partial charge >= 0.3 is 6.09 Å². The van der Waals surface area contributed by atoms with E-state index in [1.807, 2.05) is 0 Å². The molecule has 0 aromatic carbocycles. The van der Waals surface area contributed by atoms with Crippen LogP contribution in [0.3, 0.4) is 0 Å². The number of hydrogen-bond donors (Lipinski definition) is 1. The number of carbonyl (C=O) groups is 2. The lowest BCUT2D eigenvalue weighted by atomic mass is 9.83. The van der Waals surface area contributed by atoms with Crippen LogP contribution in [0.1, 0.15) is 52.4 Å². The monoisotopic (exact) mass is 328 g/mol.